The molecule has 0 atom stereocenters. The fourth-order valence-corrected chi connectivity index (χ4v) is 1.00. The molecule has 5 heteroatoms. The quantitative estimate of drug-likeness (QED) is 0.848. The highest BCUT2D eigenvalue weighted by Crippen LogP contribution is 2.17. The SMILES string of the molecule is CN(C)C(C)(C)COc1ccc(N)c(C#N)n1. The molecular weight excluding hydrogens is 216 g/mol. The summed E-state index contributed by atoms with van der Waals surface area (Å²) in [5.74, 6) is 0.422. The van der Waals surface area contributed by atoms with Crippen LogP contribution in [0.2, 0.25) is 0 Å². The number of aromatic nitrogens is 1. The number of ether oxygens (including phenoxy) is 1. The number of nitrogens with zero attached hydrogens (tertiary/aromatic N) is 3. The van der Waals surface area contributed by atoms with Crippen molar-refractivity contribution in [2.45, 2.75) is 19.4 Å². The van der Waals surface area contributed by atoms with E-state index in [1.165, 1.54) is 0 Å². The minimum atomic E-state index is -0.101. The van der Waals surface area contributed by atoms with E-state index in [0.717, 1.165) is 0 Å². The molecule has 2 N–H and O–H groups in total. The second kappa shape index (κ2) is 5.02. The molecule has 0 unspecified atom stereocenters. The molecule has 5 nitrogen and oxygen atoms in total. The predicted molar refractivity (Wildman–Crippen MR) is 66.6 cm³/mol. The molecule has 1 aromatic heterocycles. The largest absolute Gasteiger partial charge is 0.476 e. The van der Waals surface area contributed by atoms with Crippen molar-refractivity contribution in [3.05, 3.63) is 17.8 Å². The summed E-state index contributed by atoms with van der Waals surface area (Å²) in [6, 6.07) is 5.23. The highest BCUT2D eigenvalue weighted by atomic mass is 16.5. The van der Waals surface area contributed by atoms with E-state index in [1.54, 1.807) is 12.1 Å². The van der Waals surface area contributed by atoms with Gasteiger partial charge in [-0.1, -0.05) is 0 Å². The summed E-state index contributed by atoms with van der Waals surface area (Å²) in [6.45, 7) is 4.62. The number of nitriles is 1. The van der Waals surface area contributed by atoms with Crippen LogP contribution in [0.3, 0.4) is 0 Å². The van der Waals surface area contributed by atoms with E-state index < -0.39 is 0 Å². The fraction of sp³-hybridized carbons (Fsp3) is 0.500. The third-order valence-electron chi connectivity index (χ3n) is 2.79. The van der Waals surface area contributed by atoms with Crippen molar-refractivity contribution in [2.24, 2.45) is 0 Å². The third kappa shape index (κ3) is 3.33. The van der Waals surface area contributed by atoms with Gasteiger partial charge in [0.05, 0.1) is 5.69 Å². The Balaban J connectivity index is 2.74. The van der Waals surface area contributed by atoms with Gasteiger partial charge >= 0.3 is 0 Å². The number of nitrogen functional groups attached to an aromatic ring is 1. The van der Waals surface area contributed by atoms with E-state index in [4.69, 9.17) is 15.7 Å². The van der Waals surface area contributed by atoms with Gasteiger partial charge in [0.15, 0.2) is 5.69 Å². The highest BCUT2D eigenvalue weighted by molar-refractivity contribution is 5.50. The Kier molecular flexibility index (Phi) is 3.92. The first-order valence-electron chi connectivity index (χ1n) is 5.33. The lowest BCUT2D eigenvalue weighted by molar-refractivity contribution is 0.111. The van der Waals surface area contributed by atoms with Crippen LogP contribution in [0.5, 0.6) is 5.88 Å². The summed E-state index contributed by atoms with van der Waals surface area (Å²) >= 11 is 0. The van der Waals surface area contributed by atoms with Crippen LogP contribution in [0.25, 0.3) is 0 Å². The van der Waals surface area contributed by atoms with Gasteiger partial charge in [-0.2, -0.15) is 5.26 Å². The summed E-state index contributed by atoms with van der Waals surface area (Å²) in [4.78, 5) is 6.09. The number of hydrogen-bond acceptors (Lipinski definition) is 5. The first-order chi connectivity index (χ1) is 7.86. The van der Waals surface area contributed by atoms with E-state index >= 15 is 0 Å². The Bertz CT molecular complexity index is 435. The van der Waals surface area contributed by atoms with Crippen LogP contribution < -0.4 is 10.5 Å². The van der Waals surface area contributed by atoms with Crippen LogP contribution in [0, 0.1) is 11.3 Å². The molecule has 17 heavy (non-hydrogen) atoms. The normalized spacial score (nSPS) is 11.3. The monoisotopic (exact) mass is 234 g/mol. The molecule has 0 aliphatic heterocycles. The lowest BCUT2D eigenvalue weighted by Gasteiger charge is -2.31. The van der Waals surface area contributed by atoms with Crippen LogP contribution in [-0.2, 0) is 0 Å². The van der Waals surface area contributed by atoms with Crippen molar-refractivity contribution in [2.75, 3.05) is 26.4 Å². The number of rotatable bonds is 4. The Hall–Kier alpha value is -1.80. The molecule has 0 fully saturated rings. The van der Waals surface area contributed by atoms with E-state index in [0.29, 0.717) is 18.2 Å². The van der Waals surface area contributed by atoms with Gasteiger partial charge in [-0.05, 0) is 34.0 Å². The number of nitrogens with two attached hydrogens (primary N) is 1. The molecule has 0 bridgehead atoms. The van der Waals surface area contributed by atoms with E-state index in [9.17, 15) is 0 Å². The maximum absolute atomic E-state index is 8.80. The van der Waals surface area contributed by atoms with Gasteiger partial charge in [0, 0.05) is 11.6 Å². The van der Waals surface area contributed by atoms with Gasteiger partial charge in [-0.3, -0.25) is 0 Å². The average Bonchev–Trinajstić information content (AvgIpc) is 2.28. The van der Waals surface area contributed by atoms with Gasteiger partial charge in [-0.15, -0.1) is 0 Å². The minimum Gasteiger partial charge on any atom is -0.476 e. The molecule has 1 heterocycles. The lowest BCUT2D eigenvalue weighted by atomic mass is 10.1. The van der Waals surface area contributed by atoms with Crippen LogP contribution in [-0.4, -0.2) is 36.1 Å². The number of anilines is 1. The molecule has 0 amide bonds. The Morgan fingerprint density at radius 1 is 1.47 bits per heavy atom. The van der Waals surface area contributed by atoms with Crippen molar-refractivity contribution in [3.8, 4) is 11.9 Å². The molecule has 0 saturated heterocycles. The van der Waals surface area contributed by atoms with Crippen LogP contribution >= 0.6 is 0 Å². The van der Waals surface area contributed by atoms with E-state index in [-0.39, 0.29) is 11.2 Å². The second-order valence-corrected chi connectivity index (χ2v) is 4.69. The molecular formula is C12H18N4O. The molecule has 0 aromatic carbocycles. The summed E-state index contributed by atoms with van der Waals surface area (Å²) in [7, 11) is 3.97. The van der Waals surface area contributed by atoms with Gasteiger partial charge in [0.1, 0.15) is 12.7 Å². The summed E-state index contributed by atoms with van der Waals surface area (Å²) < 4.78 is 5.57. The average molecular weight is 234 g/mol. The van der Waals surface area contributed by atoms with Crippen LogP contribution in [0.4, 0.5) is 5.69 Å². The van der Waals surface area contributed by atoms with Crippen LogP contribution in [0.15, 0.2) is 12.1 Å². The zero-order valence-electron chi connectivity index (χ0n) is 10.7. The first kappa shape index (κ1) is 13.3. The highest BCUT2D eigenvalue weighted by Gasteiger charge is 2.21. The van der Waals surface area contributed by atoms with Crippen molar-refractivity contribution in [1.82, 2.24) is 9.88 Å². The maximum atomic E-state index is 8.80. The topological polar surface area (TPSA) is 75.2 Å². The zero-order valence-corrected chi connectivity index (χ0v) is 10.7. The molecule has 0 aliphatic carbocycles. The van der Waals surface area contributed by atoms with Gasteiger partial charge in [0.25, 0.3) is 0 Å². The van der Waals surface area contributed by atoms with Gasteiger partial charge in [0.2, 0.25) is 5.88 Å². The smallest absolute Gasteiger partial charge is 0.214 e. The molecule has 92 valence electrons. The van der Waals surface area contributed by atoms with Crippen LogP contribution in [0.1, 0.15) is 19.5 Å². The maximum Gasteiger partial charge on any atom is 0.214 e. The number of pyridine rings is 1. The first-order valence-corrected chi connectivity index (χ1v) is 5.33. The molecule has 0 radical (unpaired) electrons. The lowest BCUT2D eigenvalue weighted by Crippen LogP contribution is -2.43. The Morgan fingerprint density at radius 3 is 2.65 bits per heavy atom. The summed E-state index contributed by atoms with van der Waals surface area (Å²) in [5.41, 5.74) is 6.05. The van der Waals surface area contributed by atoms with Gasteiger partial charge in [-0.25, -0.2) is 4.98 Å². The van der Waals surface area contributed by atoms with Crippen molar-refractivity contribution in [1.29, 1.82) is 5.26 Å². The standard InChI is InChI=1S/C12H18N4O/c1-12(2,16(3)4)8-17-11-6-5-9(14)10(7-13)15-11/h5-6H,8,14H2,1-4H3. The Labute approximate surface area is 102 Å². The number of likely N-dealkylation sites (N-methyl/N-ethyl adjacent to an activating group) is 1. The minimum absolute atomic E-state index is 0.101. The van der Waals surface area contributed by atoms with Crippen molar-refractivity contribution >= 4 is 5.69 Å². The van der Waals surface area contributed by atoms with E-state index in [2.05, 4.69) is 23.7 Å². The third-order valence-corrected chi connectivity index (χ3v) is 2.79. The molecule has 0 saturated carbocycles. The molecule has 0 aliphatic rings. The van der Waals surface area contributed by atoms with Crippen molar-refractivity contribution < 1.29 is 4.74 Å². The van der Waals surface area contributed by atoms with Gasteiger partial charge < -0.3 is 15.4 Å². The number of hydrogen-bond donors (Lipinski definition) is 1. The zero-order chi connectivity index (χ0) is 13.1. The molecule has 1 rings (SSSR count). The second-order valence-electron chi connectivity index (χ2n) is 4.69. The fourth-order valence-electron chi connectivity index (χ4n) is 1.00. The summed E-state index contributed by atoms with van der Waals surface area (Å²) in [6.07, 6.45) is 0. The van der Waals surface area contributed by atoms with Crippen molar-refractivity contribution in [3.63, 3.8) is 0 Å². The molecule has 0 spiro atoms. The van der Waals surface area contributed by atoms with E-state index in [1.807, 2.05) is 20.2 Å². The summed E-state index contributed by atoms with van der Waals surface area (Å²) in [5, 5.41) is 8.80. The predicted octanol–water partition coefficient (Wildman–Crippen LogP) is 1.25. The molecule has 1 aromatic rings. The Morgan fingerprint density at radius 2 is 2.12 bits per heavy atom.